The normalized spacial score (nSPS) is 14.0. The topological polar surface area (TPSA) is 92.9 Å². The Kier molecular flexibility index (Phi) is 6.07. The quantitative estimate of drug-likeness (QED) is 0.576. The highest BCUT2D eigenvalue weighted by Gasteiger charge is 2.28. The number of hydrazone groups is 1. The van der Waals surface area contributed by atoms with Gasteiger partial charge in [0, 0.05) is 34.9 Å². The molecule has 0 saturated carbocycles. The summed E-state index contributed by atoms with van der Waals surface area (Å²) in [5.41, 5.74) is 6.97. The lowest BCUT2D eigenvalue weighted by molar-refractivity contribution is 0.0952. The second-order valence-corrected chi connectivity index (χ2v) is 7.71. The van der Waals surface area contributed by atoms with Gasteiger partial charge in [-0.2, -0.15) is 5.10 Å². The molecule has 4 rings (SSSR count). The summed E-state index contributed by atoms with van der Waals surface area (Å²) in [6, 6.07) is 14.5. The molecule has 2 amide bonds. The molecule has 32 heavy (non-hydrogen) atoms. The fourth-order valence-corrected chi connectivity index (χ4v) is 3.89. The molecule has 0 bridgehead atoms. The summed E-state index contributed by atoms with van der Waals surface area (Å²) in [6.07, 6.45) is 2.24. The Hall–Kier alpha value is -3.87. The predicted octanol–water partition coefficient (Wildman–Crippen LogP) is 4.63. The third kappa shape index (κ3) is 4.27. The molecule has 0 saturated heterocycles. The van der Waals surface area contributed by atoms with Crippen LogP contribution in [0.3, 0.4) is 0 Å². The van der Waals surface area contributed by atoms with E-state index in [0.717, 1.165) is 23.3 Å². The number of amides is 2. The average molecular weight is 431 g/mol. The Morgan fingerprint density at radius 1 is 1.03 bits per heavy atom. The summed E-state index contributed by atoms with van der Waals surface area (Å²) in [4.78, 5) is 25.5. The molecule has 0 spiro atoms. The van der Waals surface area contributed by atoms with Gasteiger partial charge in [-0.05, 0) is 50.5 Å². The van der Waals surface area contributed by atoms with Gasteiger partial charge in [0.1, 0.15) is 11.5 Å². The number of hydrogen-bond acceptors (Lipinski definition) is 5. The van der Waals surface area contributed by atoms with Crippen LogP contribution in [0.4, 0.5) is 5.69 Å². The van der Waals surface area contributed by atoms with Gasteiger partial charge in [0.05, 0.1) is 12.8 Å². The van der Waals surface area contributed by atoms with Gasteiger partial charge in [-0.25, -0.2) is 5.43 Å². The summed E-state index contributed by atoms with van der Waals surface area (Å²) in [7, 11) is 1.57. The number of carbonyl (C=O) groups is 2. The molecule has 1 aliphatic rings. The van der Waals surface area contributed by atoms with E-state index in [1.54, 1.807) is 37.4 Å². The van der Waals surface area contributed by atoms with Gasteiger partial charge in [-0.15, -0.1) is 0 Å². The molecule has 0 atom stereocenters. The standard InChI is InChI=1S/C25H25N3O4/c1-15-8-4-5-11-19(15)24(29)28-27-20-12-7-13-21-22(20)16(2)23(32-21)25(30)26-17-9-6-10-18(14-17)31-3/h4-6,8-11,14H,7,12-13H2,1-3H3,(H,26,30)(H,28,29)/b27-20+. The second kappa shape index (κ2) is 9.09. The van der Waals surface area contributed by atoms with Crippen molar-refractivity contribution < 1.29 is 18.7 Å². The Bertz CT molecular complexity index is 1210. The van der Waals surface area contributed by atoms with Gasteiger partial charge >= 0.3 is 0 Å². The summed E-state index contributed by atoms with van der Waals surface area (Å²) < 4.78 is 11.1. The van der Waals surface area contributed by atoms with E-state index in [-0.39, 0.29) is 17.6 Å². The Balaban J connectivity index is 1.57. The fraction of sp³-hybridized carbons (Fsp3) is 0.240. The number of anilines is 1. The first-order valence-electron chi connectivity index (χ1n) is 10.5. The number of fused-ring (bicyclic) bond motifs is 1. The van der Waals surface area contributed by atoms with Crippen LogP contribution in [0.1, 0.15) is 56.2 Å². The monoisotopic (exact) mass is 431 g/mol. The first-order chi connectivity index (χ1) is 15.5. The molecule has 1 aromatic heterocycles. The maximum atomic E-state index is 12.9. The maximum absolute atomic E-state index is 12.9. The van der Waals surface area contributed by atoms with Gasteiger partial charge in [0.15, 0.2) is 5.76 Å². The zero-order chi connectivity index (χ0) is 22.7. The third-order valence-corrected chi connectivity index (χ3v) is 5.54. The van der Waals surface area contributed by atoms with E-state index in [0.29, 0.717) is 41.2 Å². The molecule has 0 radical (unpaired) electrons. The van der Waals surface area contributed by atoms with Gasteiger partial charge in [-0.3, -0.25) is 9.59 Å². The highest BCUT2D eigenvalue weighted by Crippen LogP contribution is 2.30. The van der Waals surface area contributed by atoms with Crippen molar-refractivity contribution in [3.8, 4) is 5.75 Å². The Morgan fingerprint density at radius 2 is 1.84 bits per heavy atom. The molecular weight excluding hydrogens is 406 g/mol. The van der Waals surface area contributed by atoms with Crippen molar-refractivity contribution in [3.05, 3.63) is 82.3 Å². The van der Waals surface area contributed by atoms with Crippen LogP contribution < -0.4 is 15.5 Å². The van der Waals surface area contributed by atoms with Gasteiger partial charge in [-0.1, -0.05) is 24.3 Å². The SMILES string of the molecule is COc1cccc(NC(=O)c2oc3c(c2C)/C(=N/NC(=O)c2ccccc2C)CCC3)c1. The van der Waals surface area contributed by atoms with Crippen molar-refractivity contribution in [1.82, 2.24) is 5.43 Å². The van der Waals surface area contributed by atoms with Crippen LogP contribution in [-0.4, -0.2) is 24.6 Å². The number of ether oxygens (including phenoxy) is 1. The van der Waals surface area contributed by atoms with Crippen LogP contribution in [0.25, 0.3) is 0 Å². The van der Waals surface area contributed by atoms with Crippen LogP contribution in [0.5, 0.6) is 5.75 Å². The maximum Gasteiger partial charge on any atom is 0.291 e. The van der Waals surface area contributed by atoms with E-state index in [1.807, 2.05) is 32.0 Å². The summed E-state index contributed by atoms with van der Waals surface area (Å²) in [5.74, 6) is 1.01. The van der Waals surface area contributed by atoms with Crippen molar-refractivity contribution in [2.75, 3.05) is 12.4 Å². The minimum absolute atomic E-state index is 0.248. The predicted molar refractivity (Wildman–Crippen MR) is 123 cm³/mol. The molecule has 1 aliphatic carbocycles. The first kappa shape index (κ1) is 21.4. The Labute approximate surface area is 186 Å². The van der Waals surface area contributed by atoms with Gasteiger partial charge in [0.2, 0.25) is 0 Å². The minimum Gasteiger partial charge on any atom is -0.497 e. The van der Waals surface area contributed by atoms with Crippen LogP contribution in [0.2, 0.25) is 0 Å². The molecule has 0 aliphatic heterocycles. The molecule has 1 heterocycles. The van der Waals surface area contributed by atoms with Crippen molar-refractivity contribution in [1.29, 1.82) is 0 Å². The zero-order valence-corrected chi connectivity index (χ0v) is 18.3. The lowest BCUT2D eigenvalue weighted by Crippen LogP contribution is -2.22. The summed E-state index contributed by atoms with van der Waals surface area (Å²) >= 11 is 0. The van der Waals surface area contributed by atoms with Crippen molar-refractivity contribution >= 4 is 23.2 Å². The van der Waals surface area contributed by atoms with E-state index in [9.17, 15) is 9.59 Å². The molecule has 2 N–H and O–H groups in total. The number of methoxy groups -OCH3 is 1. The van der Waals surface area contributed by atoms with Crippen molar-refractivity contribution in [2.24, 2.45) is 5.10 Å². The molecular formula is C25H25N3O4. The number of nitrogens with zero attached hydrogens (tertiary/aromatic N) is 1. The van der Waals surface area contributed by atoms with E-state index >= 15 is 0 Å². The average Bonchev–Trinajstić information content (AvgIpc) is 3.15. The molecule has 0 fully saturated rings. The van der Waals surface area contributed by atoms with Crippen LogP contribution >= 0.6 is 0 Å². The zero-order valence-electron chi connectivity index (χ0n) is 18.3. The number of nitrogens with one attached hydrogen (secondary N) is 2. The minimum atomic E-state index is -0.339. The molecule has 7 nitrogen and oxygen atoms in total. The molecule has 0 unspecified atom stereocenters. The second-order valence-electron chi connectivity index (χ2n) is 7.71. The smallest absolute Gasteiger partial charge is 0.291 e. The number of carbonyl (C=O) groups excluding carboxylic acids is 2. The van der Waals surface area contributed by atoms with Crippen LogP contribution in [0, 0.1) is 13.8 Å². The fourth-order valence-electron chi connectivity index (χ4n) is 3.89. The van der Waals surface area contributed by atoms with Gasteiger partial charge < -0.3 is 14.5 Å². The van der Waals surface area contributed by atoms with Crippen molar-refractivity contribution in [2.45, 2.75) is 33.1 Å². The lowest BCUT2D eigenvalue weighted by Gasteiger charge is -2.13. The van der Waals surface area contributed by atoms with Crippen LogP contribution in [-0.2, 0) is 6.42 Å². The number of furan rings is 1. The molecule has 2 aromatic carbocycles. The third-order valence-electron chi connectivity index (χ3n) is 5.54. The summed E-state index contributed by atoms with van der Waals surface area (Å²) in [5, 5.41) is 7.24. The molecule has 7 heteroatoms. The highest BCUT2D eigenvalue weighted by atomic mass is 16.5. The molecule has 164 valence electrons. The Morgan fingerprint density at radius 3 is 2.62 bits per heavy atom. The number of benzene rings is 2. The van der Waals surface area contributed by atoms with Gasteiger partial charge in [0.25, 0.3) is 11.8 Å². The number of aryl methyl sites for hydroxylation is 2. The van der Waals surface area contributed by atoms with Crippen molar-refractivity contribution in [3.63, 3.8) is 0 Å². The van der Waals surface area contributed by atoms with E-state index in [2.05, 4.69) is 15.8 Å². The van der Waals surface area contributed by atoms with Crippen LogP contribution in [0.15, 0.2) is 58.0 Å². The van der Waals surface area contributed by atoms with E-state index in [4.69, 9.17) is 9.15 Å². The largest absolute Gasteiger partial charge is 0.497 e. The highest BCUT2D eigenvalue weighted by molar-refractivity contribution is 6.09. The molecule has 3 aromatic rings. The number of rotatable bonds is 5. The first-order valence-corrected chi connectivity index (χ1v) is 10.5. The van der Waals surface area contributed by atoms with E-state index in [1.165, 1.54) is 0 Å². The summed E-state index contributed by atoms with van der Waals surface area (Å²) in [6.45, 7) is 3.72. The van der Waals surface area contributed by atoms with E-state index < -0.39 is 0 Å². The number of hydrogen-bond donors (Lipinski definition) is 2. The lowest BCUT2D eigenvalue weighted by atomic mass is 9.93.